The molecule has 0 fully saturated rings. The minimum absolute atomic E-state index is 0.156. The fourth-order valence-corrected chi connectivity index (χ4v) is 3.71. The largest absolute Gasteiger partial charge is 0.416 e. The van der Waals surface area contributed by atoms with Crippen LogP contribution < -0.4 is 5.32 Å². The van der Waals surface area contributed by atoms with Crippen LogP contribution in [0.2, 0.25) is 0 Å². The van der Waals surface area contributed by atoms with Crippen LogP contribution in [0.5, 0.6) is 0 Å². The van der Waals surface area contributed by atoms with E-state index in [0.717, 1.165) is 27.4 Å². The number of fused-ring (bicyclic) bond motifs is 1. The molecule has 3 aromatic carbocycles. The van der Waals surface area contributed by atoms with Crippen molar-refractivity contribution < 1.29 is 26.7 Å². The van der Waals surface area contributed by atoms with Crippen molar-refractivity contribution in [1.82, 2.24) is 14.9 Å². The van der Waals surface area contributed by atoms with Gasteiger partial charge in [-0.25, -0.2) is 18.7 Å². The first-order valence-electron chi connectivity index (χ1n) is 10.4. The van der Waals surface area contributed by atoms with Crippen molar-refractivity contribution >= 4 is 22.6 Å². The smallest absolute Gasteiger partial charge is 0.373 e. The summed E-state index contributed by atoms with van der Waals surface area (Å²) in [7, 11) is 3.05. The number of rotatable bonds is 5. The van der Waals surface area contributed by atoms with Crippen LogP contribution in [0.15, 0.2) is 60.9 Å². The predicted octanol–water partition coefficient (Wildman–Crippen LogP) is 5.91. The molecule has 0 bridgehead atoms. The average Bonchev–Trinajstić information content (AvgIpc) is 2.83. The highest BCUT2D eigenvalue weighted by Crippen LogP contribution is 2.31. The molecule has 0 saturated carbocycles. The van der Waals surface area contributed by atoms with Crippen LogP contribution in [0.1, 0.15) is 21.5 Å². The number of carbonyl (C=O) groups is 1. The molecule has 1 heterocycles. The highest BCUT2D eigenvalue weighted by molar-refractivity contribution is 5.94. The van der Waals surface area contributed by atoms with Crippen LogP contribution in [0.4, 0.5) is 27.8 Å². The van der Waals surface area contributed by atoms with E-state index in [2.05, 4.69) is 15.3 Å². The fraction of sp³-hybridized carbons (Fsp3) is 0.160. The Kier molecular flexibility index (Phi) is 6.38. The number of amides is 1. The van der Waals surface area contributed by atoms with E-state index in [0.29, 0.717) is 17.4 Å². The van der Waals surface area contributed by atoms with Crippen molar-refractivity contribution in [2.45, 2.75) is 12.7 Å². The molecule has 4 aromatic rings. The quantitative estimate of drug-likeness (QED) is 0.357. The highest BCUT2D eigenvalue weighted by Gasteiger charge is 2.32. The lowest BCUT2D eigenvalue weighted by atomic mass is 10.0. The van der Waals surface area contributed by atoms with E-state index in [1.807, 2.05) is 12.1 Å². The summed E-state index contributed by atoms with van der Waals surface area (Å²) in [5.41, 5.74) is 0.563. The first kappa shape index (κ1) is 24.1. The highest BCUT2D eigenvalue weighted by atomic mass is 19.4. The third-order valence-corrected chi connectivity index (χ3v) is 5.53. The van der Waals surface area contributed by atoms with Gasteiger partial charge in [0.15, 0.2) is 0 Å². The summed E-state index contributed by atoms with van der Waals surface area (Å²) in [5, 5.41) is 3.76. The zero-order valence-corrected chi connectivity index (χ0v) is 18.6. The molecule has 35 heavy (non-hydrogen) atoms. The molecule has 4 rings (SSSR count). The van der Waals surface area contributed by atoms with Crippen LogP contribution in [0.25, 0.3) is 22.0 Å². The summed E-state index contributed by atoms with van der Waals surface area (Å²) >= 11 is 0. The first-order valence-corrected chi connectivity index (χ1v) is 10.4. The molecule has 5 nitrogen and oxygen atoms in total. The molecule has 0 aliphatic rings. The molecule has 0 radical (unpaired) electrons. The molecule has 0 saturated heterocycles. The summed E-state index contributed by atoms with van der Waals surface area (Å²) in [6.07, 6.45) is -3.29. The first-order chi connectivity index (χ1) is 16.6. The van der Waals surface area contributed by atoms with Gasteiger partial charge in [0.1, 0.15) is 23.8 Å². The van der Waals surface area contributed by atoms with Gasteiger partial charge in [0.2, 0.25) is 0 Å². The fourth-order valence-electron chi connectivity index (χ4n) is 3.71. The van der Waals surface area contributed by atoms with Gasteiger partial charge in [-0.1, -0.05) is 12.1 Å². The maximum Gasteiger partial charge on any atom is 0.416 e. The number of hydrogen-bond donors (Lipinski definition) is 1. The molecule has 0 aliphatic heterocycles. The number of anilines is 1. The van der Waals surface area contributed by atoms with Crippen molar-refractivity contribution in [3.8, 4) is 11.1 Å². The Hall–Kier alpha value is -4.08. The van der Waals surface area contributed by atoms with E-state index >= 15 is 0 Å². The summed E-state index contributed by atoms with van der Waals surface area (Å²) in [5.74, 6) is -2.13. The summed E-state index contributed by atoms with van der Waals surface area (Å²) in [6.45, 7) is -0.225. The van der Waals surface area contributed by atoms with Gasteiger partial charge in [-0.15, -0.1) is 0 Å². The van der Waals surface area contributed by atoms with Crippen LogP contribution >= 0.6 is 0 Å². The third kappa shape index (κ3) is 4.91. The van der Waals surface area contributed by atoms with E-state index < -0.39 is 34.8 Å². The van der Waals surface area contributed by atoms with Crippen LogP contribution in [0.3, 0.4) is 0 Å². The second-order valence-corrected chi connectivity index (χ2v) is 7.86. The van der Waals surface area contributed by atoms with Gasteiger partial charge in [0.25, 0.3) is 5.91 Å². The van der Waals surface area contributed by atoms with Crippen molar-refractivity contribution in [3.63, 3.8) is 0 Å². The van der Waals surface area contributed by atoms with E-state index in [1.165, 1.54) is 19.4 Å². The van der Waals surface area contributed by atoms with Crippen LogP contribution in [0, 0.1) is 11.6 Å². The van der Waals surface area contributed by atoms with E-state index in [1.54, 1.807) is 25.2 Å². The standard InChI is InChI=1S/C25H19F5N4O/c1-31-23-19-10-15(4-8-22(19)32-13-33-23)14-3-7-20(26)16(9-14)12-34(2)24(35)18-6-5-17(11-21(18)27)25(28,29)30/h3-11,13H,12H2,1-2H3,(H,31,32,33). The average molecular weight is 486 g/mol. The van der Waals surface area contributed by atoms with Gasteiger partial charge in [0.05, 0.1) is 16.6 Å². The number of nitrogens with one attached hydrogen (secondary N) is 1. The van der Waals surface area contributed by atoms with Crippen LogP contribution in [-0.2, 0) is 12.7 Å². The number of halogens is 5. The van der Waals surface area contributed by atoms with Gasteiger partial charge in [-0.05, 0) is 53.6 Å². The Balaban J connectivity index is 1.61. The normalized spacial score (nSPS) is 11.5. The Bertz CT molecular complexity index is 1420. The molecule has 1 amide bonds. The zero-order chi connectivity index (χ0) is 25.3. The molecule has 1 N–H and O–H groups in total. The lowest BCUT2D eigenvalue weighted by Gasteiger charge is -2.19. The van der Waals surface area contributed by atoms with Crippen LogP contribution in [-0.4, -0.2) is 34.9 Å². The number of alkyl halides is 3. The molecule has 180 valence electrons. The molecule has 0 unspecified atom stereocenters. The predicted molar refractivity (Wildman–Crippen MR) is 122 cm³/mol. The second kappa shape index (κ2) is 9.28. The SMILES string of the molecule is CNc1ncnc2ccc(-c3ccc(F)c(CN(C)C(=O)c4ccc(C(F)(F)F)cc4F)c3)cc12. The molecular formula is C25H19F5N4O. The van der Waals surface area contributed by atoms with Crippen molar-refractivity contribution in [2.75, 3.05) is 19.4 Å². The zero-order valence-electron chi connectivity index (χ0n) is 18.6. The number of aromatic nitrogens is 2. The van der Waals surface area contributed by atoms with Gasteiger partial charge < -0.3 is 10.2 Å². The monoisotopic (exact) mass is 486 g/mol. The van der Waals surface area contributed by atoms with Crippen molar-refractivity contribution in [2.24, 2.45) is 0 Å². The molecule has 0 atom stereocenters. The maximum absolute atomic E-state index is 14.6. The Labute approximate surface area is 197 Å². The Morgan fingerprint density at radius 2 is 1.66 bits per heavy atom. The molecule has 0 aliphatic carbocycles. The van der Waals surface area contributed by atoms with Crippen molar-refractivity contribution in [3.05, 3.63) is 89.2 Å². The van der Waals surface area contributed by atoms with E-state index in [9.17, 15) is 26.7 Å². The minimum atomic E-state index is -4.74. The second-order valence-electron chi connectivity index (χ2n) is 7.86. The van der Waals surface area contributed by atoms with Gasteiger partial charge in [0, 0.05) is 31.6 Å². The topological polar surface area (TPSA) is 58.1 Å². The van der Waals surface area contributed by atoms with Gasteiger partial charge in [-0.3, -0.25) is 4.79 Å². The number of hydrogen-bond acceptors (Lipinski definition) is 4. The van der Waals surface area contributed by atoms with Crippen molar-refractivity contribution in [1.29, 1.82) is 0 Å². The number of carbonyl (C=O) groups excluding carboxylic acids is 1. The Morgan fingerprint density at radius 1 is 0.943 bits per heavy atom. The summed E-state index contributed by atoms with van der Waals surface area (Å²) in [4.78, 5) is 22.1. The molecule has 0 spiro atoms. The lowest BCUT2D eigenvalue weighted by molar-refractivity contribution is -0.137. The summed E-state index contributed by atoms with van der Waals surface area (Å²) in [6, 6.07) is 11.6. The maximum atomic E-state index is 14.6. The van der Waals surface area contributed by atoms with E-state index in [-0.39, 0.29) is 18.2 Å². The lowest BCUT2D eigenvalue weighted by Crippen LogP contribution is -2.27. The summed E-state index contributed by atoms with van der Waals surface area (Å²) < 4.78 is 67.2. The van der Waals surface area contributed by atoms with E-state index in [4.69, 9.17) is 0 Å². The van der Waals surface area contributed by atoms with Gasteiger partial charge in [-0.2, -0.15) is 13.2 Å². The molecular weight excluding hydrogens is 467 g/mol. The third-order valence-electron chi connectivity index (χ3n) is 5.53. The molecule has 1 aromatic heterocycles. The number of benzene rings is 3. The van der Waals surface area contributed by atoms with Gasteiger partial charge >= 0.3 is 6.18 Å². The number of nitrogens with zero attached hydrogens (tertiary/aromatic N) is 3. The minimum Gasteiger partial charge on any atom is -0.373 e. The molecule has 10 heteroatoms. The Morgan fingerprint density at radius 3 is 2.34 bits per heavy atom.